The van der Waals surface area contributed by atoms with Crippen molar-refractivity contribution in [3.63, 3.8) is 0 Å². The number of hydrogen-bond acceptors (Lipinski definition) is 6. The number of hydrogen-bond donors (Lipinski definition) is 1. The monoisotopic (exact) mass is 475 g/mol. The Labute approximate surface area is 199 Å². The molecule has 9 heteroatoms. The van der Waals surface area contributed by atoms with Gasteiger partial charge in [-0.1, -0.05) is 17.7 Å². The SMILES string of the molecule is O=C(Cc1ccc(OCCCC2CCN(c3ncc(Cl)cn3)CC2)cc1F)N1CCNCC1. The highest BCUT2D eigenvalue weighted by Crippen LogP contribution is 2.25. The molecule has 1 N–H and O–H groups in total. The number of piperazine rings is 1. The molecule has 3 heterocycles. The van der Waals surface area contributed by atoms with Gasteiger partial charge in [0.1, 0.15) is 11.6 Å². The maximum Gasteiger partial charge on any atom is 0.227 e. The number of nitrogens with zero attached hydrogens (tertiary/aromatic N) is 4. The number of aromatic nitrogens is 2. The highest BCUT2D eigenvalue weighted by atomic mass is 35.5. The van der Waals surface area contributed by atoms with E-state index >= 15 is 0 Å². The highest BCUT2D eigenvalue weighted by Gasteiger charge is 2.21. The van der Waals surface area contributed by atoms with Crippen molar-refractivity contribution in [3.8, 4) is 5.75 Å². The van der Waals surface area contributed by atoms with E-state index in [1.807, 2.05) is 0 Å². The Bertz CT molecular complexity index is 916. The van der Waals surface area contributed by atoms with E-state index in [9.17, 15) is 9.18 Å². The van der Waals surface area contributed by atoms with Crippen molar-refractivity contribution in [2.75, 3.05) is 50.8 Å². The van der Waals surface area contributed by atoms with Gasteiger partial charge in [0.15, 0.2) is 0 Å². The fraction of sp³-hybridized carbons (Fsp3) is 0.542. The van der Waals surface area contributed by atoms with Crippen LogP contribution in [0.5, 0.6) is 5.75 Å². The zero-order chi connectivity index (χ0) is 23.0. The topological polar surface area (TPSA) is 70.6 Å². The third-order valence-electron chi connectivity index (χ3n) is 6.37. The first-order valence-corrected chi connectivity index (χ1v) is 12.1. The number of benzene rings is 1. The number of piperidine rings is 1. The Morgan fingerprint density at radius 3 is 2.58 bits per heavy atom. The van der Waals surface area contributed by atoms with Gasteiger partial charge in [-0.3, -0.25) is 4.79 Å². The molecular formula is C24H31ClFN5O2. The molecule has 2 fully saturated rings. The molecule has 2 aliphatic heterocycles. The number of halogens is 2. The molecule has 4 rings (SSSR count). The standard InChI is InChI=1S/C24H31ClFN5O2/c25-20-16-28-24(29-17-20)31-9-5-18(6-10-31)2-1-13-33-21-4-3-19(22(26)15-21)14-23(32)30-11-7-27-8-12-30/h3-4,15-18,27H,1-2,5-14H2. The second-order valence-electron chi connectivity index (χ2n) is 8.68. The molecule has 0 spiro atoms. The molecule has 0 atom stereocenters. The van der Waals surface area contributed by atoms with Crippen LogP contribution in [0.1, 0.15) is 31.2 Å². The summed E-state index contributed by atoms with van der Waals surface area (Å²) >= 11 is 5.86. The number of nitrogens with one attached hydrogen (secondary N) is 1. The Morgan fingerprint density at radius 1 is 1.15 bits per heavy atom. The zero-order valence-electron chi connectivity index (χ0n) is 18.8. The lowest BCUT2D eigenvalue weighted by Gasteiger charge is -2.31. The van der Waals surface area contributed by atoms with Crippen LogP contribution in [0, 0.1) is 11.7 Å². The molecule has 1 aromatic heterocycles. The molecule has 2 aromatic rings. The van der Waals surface area contributed by atoms with E-state index in [0.29, 0.717) is 41.9 Å². The quantitative estimate of drug-likeness (QED) is 0.591. The third kappa shape index (κ3) is 6.77. The summed E-state index contributed by atoms with van der Waals surface area (Å²) in [6.07, 6.45) is 7.54. The molecule has 2 aliphatic rings. The van der Waals surface area contributed by atoms with Gasteiger partial charge in [0.2, 0.25) is 11.9 Å². The van der Waals surface area contributed by atoms with Gasteiger partial charge in [-0.15, -0.1) is 0 Å². The average molecular weight is 476 g/mol. The third-order valence-corrected chi connectivity index (χ3v) is 6.56. The molecule has 0 radical (unpaired) electrons. The van der Waals surface area contributed by atoms with Crippen LogP contribution in [0.2, 0.25) is 5.02 Å². The molecule has 0 saturated carbocycles. The average Bonchev–Trinajstić information content (AvgIpc) is 2.85. The normalized spacial score (nSPS) is 17.3. The van der Waals surface area contributed by atoms with Crippen molar-refractivity contribution < 1.29 is 13.9 Å². The maximum absolute atomic E-state index is 14.5. The fourth-order valence-electron chi connectivity index (χ4n) is 4.40. The van der Waals surface area contributed by atoms with Crippen molar-refractivity contribution in [3.05, 3.63) is 47.0 Å². The number of amides is 1. The van der Waals surface area contributed by atoms with Crippen LogP contribution < -0.4 is 15.0 Å². The maximum atomic E-state index is 14.5. The Balaban J connectivity index is 1.15. The number of carbonyl (C=O) groups is 1. The number of rotatable bonds is 8. The van der Waals surface area contributed by atoms with Gasteiger partial charge in [0.25, 0.3) is 0 Å². The second-order valence-corrected chi connectivity index (χ2v) is 9.12. The number of carbonyl (C=O) groups excluding carboxylic acids is 1. The van der Waals surface area contributed by atoms with Gasteiger partial charge in [0, 0.05) is 45.3 Å². The second kappa shape index (κ2) is 11.6. The van der Waals surface area contributed by atoms with E-state index in [-0.39, 0.29) is 18.1 Å². The summed E-state index contributed by atoms with van der Waals surface area (Å²) in [5.41, 5.74) is 0.419. The van der Waals surface area contributed by atoms with E-state index in [1.165, 1.54) is 6.07 Å². The van der Waals surface area contributed by atoms with Gasteiger partial charge in [-0.25, -0.2) is 14.4 Å². The molecular weight excluding hydrogens is 445 g/mol. The van der Waals surface area contributed by atoms with Gasteiger partial charge < -0.3 is 19.9 Å². The van der Waals surface area contributed by atoms with Crippen molar-refractivity contribution in [1.29, 1.82) is 0 Å². The predicted molar refractivity (Wildman–Crippen MR) is 126 cm³/mol. The first-order valence-electron chi connectivity index (χ1n) is 11.7. The smallest absolute Gasteiger partial charge is 0.227 e. The predicted octanol–water partition coefficient (Wildman–Crippen LogP) is 3.32. The minimum Gasteiger partial charge on any atom is -0.493 e. The summed E-state index contributed by atoms with van der Waals surface area (Å²) in [5.74, 6) is 1.49. The first kappa shape index (κ1) is 23.7. The summed E-state index contributed by atoms with van der Waals surface area (Å²) in [5, 5.41) is 3.76. The molecule has 33 heavy (non-hydrogen) atoms. The van der Waals surface area contributed by atoms with Crippen molar-refractivity contribution in [2.24, 2.45) is 5.92 Å². The summed E-state index contributed by atoms with van der Waals surface area (Å²) in [6.45, 7) is 5.36. The van der Waals surface area contributed by atoms with Crippen LogP contribution in [0.25, 0.3) is 0 Å². The lowest BCUT2D eigenvalue weighted by atomic mass is 9.92. The number of ether oxygens (including phenoxy) is 1. The summed E-state index contributed by atoms with van der Waals surface area (Å²) in [7, 11) is 0. The van der Waals surface area contributed by atoms with E-state index in [1.54, 1.807) is 29.4 Å². The summed E-state index contributed by atoms with van der Waals surface area (Å²) in [4.78, 5) is 24.9. The Kier molecular flexibility index (Phi) is 8.34. The van der Waals surface area contributed by atoms with Crippen LogP contribution in [0.15, 0.2) is 30.6 Å². The van der Waals surface area contributed by atoms with E-state index in [0.717, 1.165) is 57.8 Å². The molecule has 2 saturated heterocycles. The lowest BCUT2D eigenvalue weighted by Crippen LogP contribution is -2.47. The molecule has 1 aromatic carbocycles. The molecule has 0 aliphatic carbocycles. The summed E-state index contributed by atoms with van der Waals surface area (Å²) in [6, 6.07) is 4.82. The summed E-state index contributed by atoms with van der Waals surface area (Å²) < 4.78 is 20.3. The largest absolute Gasteiger partial charge is 0.493 e. The van der Waals surface area contributed by atoms with Crippen molar-refractivity contribution in [2.45, 2.75) is 32.1 Å². The van der Waals surface area contributed by atoms with Crippen molar-refractivity contribution in [1.82, 2.24) is 20.2 Å². The Morgan fingerprint density at radius 2 is 1.88 bits per heavy atom. The first-order chi connectivity index (χ1) is 16.1. The van der Waals surface area contributed by atoms with E-state index in [4.69, 9.17) is 16.3 Å². The molecule has 7 nitrogen and oxygen atoms in total. The van der Waals surface area contributed by atoms with Crippen LogP contribution in [0.4, 0.5) is 10.3 Å². The van der Waals surface area contributed by atoms with Gasteiger partial charge in [-0.05, 0) is 43.2 Å². The van der Waals surface area contributed by atoms with E-state index in [2.05, 4.69) is 20.2 Å². The minimum absolute atomic E-state index is 0.0299. The van der Waals surface area contributed by atoms with Gasteiger partial charge in [-0.2, -0.15) is 0 Å². The van der Waals surface area contributed by atoms with Crippen LogP contribution >= 0.6 is 11.6 Å². The van der Waals surface area contributed by atoms with Crippen LogP contribution in [-0.2, 0) is 11.2 Å². The Hall–Kier alpha value is -2.45. The molecule has 178 valence electrons. The highest BCUT2D eigenvalue weighted by molar-refractivity contribution is 6.30. The van der Waals surface area contributed by atoms with Crippen molar-refractivity contribution >= 4 is 23.5 Å². The van der Waals surface area contributed by atoms with Crippen LogP contribution in [-0.4, -0.2) is 66.7 Å². The minimum atomic E-state index is -0.382. The molecule has 0 unspecified atom stereocenters. The van der Waals surface area contributed by atoms with E-state index < -0.39 is 0 Å². The zero-order valence-corrected chi connectivity index (χ0v) is 19.6. The van der Waals surface area contributed by atoms with Gasteiger partial charge >= 0.3 is 0 Å². The number of anilines is 1. The fourth-order valence-corrected chi connectivity index (χ4v) is 4.50. The van der Waals surface area contributed by atoms with Gasteiger partial charge in [0.05, 0.1) is 30.4 Å². The lowest BCUT2D eigenvalue weighted by molar-refractivity contribution is -0.131. The molecule has 1 amide bonds. The molecule has 0 bridgehead atoms. The van der Waals surface area contributed by atoms with Crippen LogP contribution in [0.3, 0.4) is 0 Å².